The van der Waals surface area contributed by atoms with Crippen LogP contribution in [-0.4, -0.2) is 67.8 Å². The molecule has 7 nitrogen and oxygen atoms in total. The molecule has 30 heavy (non-hydrogen) atoms. The molecule has 1 aromatic carbocycles. The van der Waals surface area contributed by atoms with E-state index in [-0.39, 0.29) is 11.7 Å². The van der Waals surface area contributed by atoms with Crippen molar-refractivity contribution >= 4 is 33.5 Å². The first-order valence-electron chi connectivity index (χ1n) is 10.1. The van der Waals surface area contributed by atoms with E-state index in [1.165, 1.54) is 0 Å². The number of pyridine rings is 1. The number of hydrogen-bond donors (Lipinski definition) is 1. The molecule has 1 aliphatic heterocycles. The number of carbonyl (C=O) groups excluding carboxylic acids is 1. The third-order valence-corrected chi connectivity index (χ3v) is 7.81. The molecular weight excluding hydrogens is 420 g/mol. The number of nitrogens with one attached hydrogen (secondary N) is 1. The quantitative estimate of drug-likeness (QED) is 0.469. The van der Waals surface area contributed by atoms with Gasteiger partial charge in [0.25, 0.3) is 5.91 Å². The fraction of sp³-hybridized carbons (Fsp3) is 0.429. The summed E-state index contributed by atoms with van der Waals surface area (Å²) >= 11 is 1.62. The summed E-state index contributed by atoms with van der Waals surface area (Å²) in [7, 11) is -3.34. The molecule has 0 unspecified atom stereocenters. The highest BCUT2D eigenvalue weighted by Crippen LogP contribution is 2.22. The highest BCUT2D eigenvalue weighted by atomic mass is 32.2. The molecule has 0 aliphatic carbocycles. The number of carbonyl (C=O) groups is 1. The minimum absolute atomic E-state index is 0.0300. The molecule has 0 spiro atoms. The van der Waals surface area contributed by atoms with Gasteiger partial charge in [-0.2, -0.15) is 4.31 Å². The number of benzene rings is 1. The van der Waals surface area contributed by atoms with Gasteiger partial charge in [0, 0.05) is 43.8 Å². The second-order valence-corrected chi connectivity index (χ2v) is 10.3. The van der Waals surface area contributed by atoms with E-state index in [1.54, 1.807) is 28.3 Å². The Labute approximate surface area is 182 Å². The number of thioether (sulfide) groups is 1. The Balaban J connectivity index is 1.44. The van der Waals surface area contributed by atoms with Gasteiger partial charge < -0.3 is 10.2 Å². The zero-order chi connectivity index (χ0) is 21.4. The second-order valence-electron chi connectivity index (χ2n) is 6.93. The van der Waals surface area contributed by atoms with Crippen molar-refractivity contribution in [3.63, 3.8) is 0 Å². The van der Waals surface area contributed by atoms with E-state index in [2.05, 4.69) is 15.2 Å². The summed E-state index contributed by atoms with van der Waals surface area (Å²) in [4.78, 5) is 19.8. The van der Waals surface area contributed by atoms with Crippen LogP contribution in [0.15, 0.2) is 53.6 Å². The van der Waals surface area contributed by atoms with E-state index in [1.807, 2.05) is 43.3 Å². The van der Waals surface area contributed by atoms with Crippen LogP contribution in [0.1, 0.15) is 23.7 Å². The van der Waals surface area contributed by atoms with Gasteiger partial charge in [-0.3, -0.25) is 4.79 Å². The number of amides is 1. The van der Waals surface area contributed by atoms with Gasteiger partial charge in [-0.25, -0.2) is 13.4 Å². The summed E-state index contributed by atoms with van der Waals surface area (Å²) in [6.07, 6.45) is 2.13. The van der Waals surface area contributed by atoms with Crippen molar-refractivity contribution in [1.29, 1.82) is 0 Å². The van der Waals surface area contributed by atoms with Gasteiger partial charge in [0.2, 0.25) is 10.0 Å². The lowest BCUT2D eigenvalue weighted by atomic mass is 10.2. The van der Waals surface area contributed by atoms with Crippen molar-refractivity contribution in [3.05, 3.63) is 54.2 Å². The highest BCUT2D eigenvalue weighted by Gasteiger charge is 2.27. The maximum Gasteiger partial charge on any atom is 0.252 e. The number of anilines is 1. The maximum atomic E-state index is 12.7. The van der Waals surface area contributed by atoms with Crippen molar-refractivity contribution in [3.8, 4) is 0 Å². The topological polar surface area (TPSA) is 82.6 Å². The lowest BCUT2D eigenvalue weighted by Gasteiger charge is -2.34. The van der Waals surface area contributed by atoms with Gasteiger partial charge in [0.1, 0.15) is 5.82 Å². The van der Waals surface area contributed by atoms with Crippen LogP contribution in [0.25, 0.3) is 0 Å². The minimum Gasteiger partial charge on any atom is -0.354 e. The molecule has 1 saturated heterocycles. The summed E-state index contributed by atoms with van der Waals surface area (Å²) in [5.41, 5.74) is 0.637. The van der Waals surface area contributed by atoms with Crippen LogP contribution in [-0.2, 0) is 10.0 Å². The smallest absolute Gasteiger partial charge is 0.252 e. The van der Waals surface area contributed by atoms with Gasteiger partial charge in [-0.15, -0.1) is 11.8 Å². The number of hydrogen-bond acceptors (Lipinski definition) is 6. The molecule has 1 aromatic heterocycles. The molecule has 1 aliphatic rings. The number of sulfonamides is 1. The van der Waals surface area contributed by atoms with Gasteiger partial charge >= 0.3 is 0 Å². The predicted octanol–water partition coefficient (Wildman–Crippen LogP) is 2.47. The predicted molar refractivity (Wildman–Crippen MR) is 122 cm³/mol. The number of nitrogens with zero attached hydrogens (tertiary/aromatic N) is 3. The van der Waals surface area contributed by atoms with E-state index < -0.39 is 10.0 Å². The fourth-order valence-electron chi connectivity index (χ4n) is 3.35. The minimum atomic E-state index is -3.34. The summed E-state index contributed by atoms with van der Waals surface area (Å²) in [5, 5.41) is 2.85. The average molecular weight is 449 g/mol. The summed E-state index contributed by atoms with van der Waals surface area (Å²) in [6, 6.07) is 13.2. The normalized spacial score (nSPS) is 15.2. The summed E-state index contributed by atoms with van der Waals surface area (Å²) in [5.74, 6) is 1.63. The Bertz CT molecular complexity index is 930. The molecule has 0 atom stereocenters. The number of rotatable bonds is 9. The Morgan fingerprint density at radius 2 is 1.83 bits per heavy atom. The number of aromatic nitrogens is 1. The standard InChI is InChI=1S/C21H28N4O3S2/c1-2-29-19-9-4-3-8-18(19)21(26)23-12-7-17-30(27,28)25-15-13-24(14-16-25)20-10-5-6-11-22-20/h3-6,8-11H,2,7,12-17H2,1H3,(H,23,26). The van der Waals surface area contributed by atoms with E-state index in [9.17, 15) is 13.2 Å². The molecule has 0 saturated carbocycles. The SMILES string of the molecule is CCSc1ccccc1C(=O)NCCCS(=O)(=O)N1CCN(c2ccccn2)CC1. The monoisotopic (exact) mass is 448 g/mol. The van der Waals surface area contributed by atoms with Crippen molar-refractivity contribution in [2.24, 2.45) is 0 Å². The molecule has 9 heteroatoms. The van der Waals surface area contributed by atoms with Crippen LogP contribution >= 0.6 is 11.8 Å². The fourth-order valence-corrected chi connectivity index (χ4v) is 5.64. The van der Waals surface area contributed by atoms with Gasteiger partial charge in [0.05, 0.1) is 11.3 Å². The summed E-state index contributed by atoms with van der Waals surface area (Å²) < 4.78 is 26.9. The van der Waals surface area contributed by atoms with Crippen molar-refractivity contribution in [2.75, 3.05) is 49.1 Å². The lowest BCUT2D eigenvalue weighted by molar-refractivity contribution is 0.0950. The van der Waals surface area contributed by atoms with Gasteiger partial charge in [-0.1, -0.05) is 25.1 Å². The third kappa shape index (κ3) is 5.96. The molecular formula is C21H28N4O3S2. The second kappa shape index (κ2) is 10.8. The molecule has 2 heterocycles. The molecule has 3 rings (SSSR count). The maximum absolute atomic E-state index is 12.7. The van der Waals surface area contributed by atoms with E-state index >= 15 is 0 Å². The first-order valence-corrected chi connectivity index (χ1v) is 12.7. The molecule has 2 aromatic rings. The van der Waals surface area contributed by atoms with Gasteiger partial charge in [-0.05, 0) is 36.4 Å². The Morgan fingerprint density at radius 1 is 1.10 bits per heavy atom. The van der Waals surface area contributed by atoms with Crippen molar-refractivity contribution in [1.82, 2.24) is 14.6 Å². The largest absolute Gasteiger partial charge is 0.354 e. The van der Waals surface area contributed by atoms with Crippen LogP contribution in [0.5, 0.6) is 0 Å². The Hall–Kier alpha value is -2.10. The van der Waals surface area contributed by atoms with E-state index in [4.69, 9.17) is 0 Å². The van der Waals surface area contributed by atoms with Crippen LogP contribution in [0.3, 0.4) is 0 Å². The molecule has 162 valence electrons. The van der Waals surface area contributed by atoms with Crippen LogP contribution < -0.4 is 10.2 Å². The zero-order valence-corrected chi connectivity index (χ0v) is 18.8. The van der Waals surface area contributed by atoms with Crippen LogP contribution in [0.4, 0.5) is 5.82 Å². The zero-order valence-electron chi connectivity index (χ0n) is 17.2. The molecule has 0 bridgehead atoms. The Kier molecular flexibility index (Phi) is 8.12. The van der Waals surface area contributed by atoms with E-state index in [0.717, 1.165) is 16.5 Å². The van der Waals surface area contributed by atoms with Crippen molar-refractivity contribution in [2.45, 2.75) is 18.2 Å². The first-order chi connectivity index (χ1) is 14.5. The summed E-state index contributed by atoms with van der Waals surface area (Å²) in [6.45, 7) is 4.52. The van der Waals surface area contributed by atoms with Crippen LogP contribution in [0.2, 0.25) is 0 Å². The number of piperazine rings is 1. The molecule has 0 radical (unpaired) electrons. The van der Waals surface area contributed by atoms with Gasteiger partial charge in [0.15, 0.2) is 0 Å². The first kappa shape index (κ1) is 22.6. The van der Waals surface area contributed by atoms with E-state index in [0.29, 0.717) is 44.7 Å². The van der Waals surface area contributed by atoms with Crippen molar-refractivity contribution < 1.29 is 13.2 Å². The average Bonchev–Trinajstić information content (AvgIpc) is 2.78. The molecule has 1 N–H and O–H groups in total. The molecule has 1 amide bonds. The van der Waals surface area contributed by atoms with Crippen LogP contribution in [0, 0.1) is 0 Å². The third-order valence-electron chi connectivity index (χ3n) is 4.90. The Morgan fingerprint density at radius 3 is 2.53 bits per heavy atom. The molecule has 1 fully saturated rings. The lowest BCUT2D eigenvalue weighted by Crippen LogP contribution is -2.49. The highest BCUT2D eigenvalue weighted by molar-refractivity contribution is 7.99.